The molecule has 0 aromatic carbocycles. The molecule has 3 unspecified atom stereocenters. The zero-order chi connectivity index (χ0) is 13.7. The van der Waals surface area contributed by atoms with Crippen LogP contribution in [0.4, 0.5) is 0 Å². The Hall–Kier alpha value is -0.410. The summed E-state index contributed by atoms with van der Waals surface area (Å²) in [4.78, 5) is 12.5. The van der Waals surface area contributed by atoms with Crippen LogP contribution in [0.15, 0.2) is 0 Å². The first-order chi connectivity index (χ1) is 9.16. The third-order valence-corrected chi connectivity index (χ3v) is 4.81. The minimum atomic E-state index is -0.478. The number of Topliss-reactive ketones (excluding diaryl/α,β-unsaturated/α-hetero) is 1. The Kier molecular flexibility index (Phi) is 5.40. The molecule has 0 amide bonds. The summed E-state index contributed by atoms with van der Waals surface area (Å²) in [5.41, 5.74) is -0.478. The normalized spacial score (nSPS) is 35.5. The molecule has 3 heteroatoms. The standard InChI is InChI=1S/C16H28O3/c1-13-6-4-10-16(12-13,18-2)15(17)9-3-7-14-8-5-11-19-14/h13-14H,3-12H2,1-2H3. The van der Waals surface area contributed by atoms with Crippen LogP contribution in [0.3, 0.4) is 0 Å². The molecule has 1 saturated heterocycles. The first kappa shape index (κ1) is 15.0. The van der Waals surface area contributed by atoms with Gasteiger partial charge in [0.25, 0.3) is 0 Å². The number of hydrogen-bond acceptors (Lipinski definition) is 3. The lowest BCUT2D eigenvalue weighted by Gasteiger charge is -2.37. The first-order valence-electron chi connectivity index (χ1n) is 7.86. The second-order valence-electron chi connectivity index (χ2n) is 6.35. The maximum absolute atomic E-state index is 12.5. The molecule has 1 aliphatic carbocycles. The van der Waals surface area contributed by atoms with Gasteiger partial charge in [-0.2, -0.15) is 0 Å². The SMILES string of the molecule is COC1(C(=O)CCCC2CCCO2)CCCC(C)C1. The predicted octanol–water partition coefficient (Wildman–Crippen LogP) is 3.50. The van der Waals surface area contributed by atoms with E-state index in [0.717, 1.165) is 38.7 Å². The quantitative estimate of drug-likeness (QED) is 0.739. The third kappa shape index (κ3) is 3.79. The Morgan fingerprint density at radius 3 is 2.84 bits per heavy atom. The zero-order valence-corrected chi connectivity index (χ0v) is 12.5. The Morgan fingerprint density at radius 1 is 1.37 bits per heavy atom. The van der Waals surface area contributed by atoms with Gasteiger partial charge >= 0.3 is 0 Å². The number of methoxy groups -OCH3 is 1. The van der Waals surface area contributed by atoms with Crippen LogP contribution in [-0.4, -0.2) is 31.2 Å². The molecule has 2 rings (SSSR count). The zero-order valence-electron chi connectivity index (χ0n) is 12.5. The van der Waals surface area contributed by atoms with Crippen LogP contribution in [0.2, 0.25) is 0 Å². The van der Waals surface area contributed by atoms with E-state index in [-0.39, 0.29) is 0 Å². The average molecular weight is 268 g/mol. The first-order valence-corrected chi connectivity index (χ1v) is 7.86. The van der Waals surface area contributed by atoms with Gasteiger partial charge in [0.2, 0.25) is 0 Å². The van der Waals surface area contributed by atoms with Crippen molar-refractivity contribution in [2.24, 2.45) is 5.92 Å². The third-order valence-electron chi connectivity index (χ3n) is 4.81. The summed E-state index contributed by atoms with van der Waals surface area (Å²) in [7, 11) is 1.70. The van der Waals surface area contributed by atoms with Crippen molar-refractivity contribution >= 4 is 5.78 Å². The predicted molar refractivity (Wildman–Crippen MR) is 75.2 cm³/mol. The van der Waals surface area contributed by atoms with E-state index < -0.39 is 5.60 Å². The number of rotatable bonds is 6. The van der Waals surface area contributed by atoms with Crippen molar-refractivity contribution in [3.8, 4) is 0 Å². The van der Waals surface area contributed by atoms with Crippen molar-refractivity contribution in [3.63, 3.8) is 0 Å². The maximum atomic E-state index is 12.5. The number of carbonyl (C=O) groups excluding carboxylic acids is 1. The lowest BCUT2D eigenvalue weighted by molar-refractivity contribution is -0.147. The summed E-state index contributed by atoms with van der Waals surface area (Å²) in [6.45, 7) is 3.13. The van der Waals surface area contributed by atoms with E-state index in [1.54, 1.807) is 7.11 Å². The monoisotopic (exact) mass is 268 g/mol. The molecule has 1 saturated carbocycles. The second kappa shape index (κ2) is 6.85. The van der Waals surface area contributed by atoms with Gasteiger partial charge in [-0.1, -0.05) is 13.3 Å². The van der Waals surface area contributed by atoms with Gasteiger partial charge in [0, 0.05) is 20.1 Å². The largest absolute Gasteiger partial charge is 0.378 e. The molecule has 0 bridgehead atoms. The number of carbonyl (C=O) groups is 1. The van der Waals surface area contributed by atoms with E-state index in [2.05, 4.69) is 6.92 Å². The fourth-order valence-electron chi connectivity index (χ4n) is 3.65. The summed E-state index contributed by atoms with van der Waals surface area (Å²) in [6.07, 6.45) is 9.54. The molecule has 0 aromatic rings. The molecule has 3 nitrogen and oxygen atoms in total. The van der Waals surface area contributed by atoms with Gasteiger partial charge in [-0.15, -0.1) is 0 Å². The van der Waals surface area contributed by atoms with E-state index >= 15 is 0 Å². The van der Waals surface area contributed by atoms with Gasteiger partial charge in [0.15, 0.2) is 5.78 Å². The fourth-order valence-corrected chi connectivity index (χ4v) is 3.65. The van der Waals surface area contributed by atoms with Crippen molar-refractivity contribution < 1.29 is 14.3 Å². The Labute approximate surface area is 117 Å². The van der Waals surface area contributed by atoms with Gasteiger partial charge in [-0.25, -0.2) is 0 Å². The summed E-state index contributed by atoms with van der Waals surface area (Å²) >= 11 is 0. The molecule has 0 aromatic heterocycles. The average Bonchev–Trinajstić information content (AvgIpc) is 2.91. The van der Waals surface area contributed by atoms with E-state index in [1.165, 1.54) is 19.3 Å². The molecule has 0 spiro atoms. The van der Waals surface area contributed by atoms with E-state index in [0.29, 0.717) is 24.2 Å². The van der Waals surface area contributed by atoms with Gasteiger partial charge in [-0.05, 0) is 50.9 Å². The lowest BCUT2D eigenvalue weighted by Crippen LogP contribution is -2.44. The lowest BCUT2D eigenvalue weighted by atomic mass is 9.75. The van der Waals surface area contributed by atoms with Crippen LogP contribution >= 0.6 is 0 Å². The summed E-state index contributed by atoms with van der Waals surface area (Å²) in [5.74, 6) is 0.926. The van der Waals surface area contributed by atoms with Gasteiger partial charge in [-0.3, -0.25) is 4.79 Å². The molecule has 110 valence electrons. The van der Waals surface area contributed by atoms with Crippen LogP contribution in [0.1, 0.15) is 64.7 Å². The van der Waals surface area contributed by atoms with Crippen molar-refractivity contribution in [2.45, 2.75) is 76.4 Å². The van der Waals surface area contributed by atoms with E-state index in [4.69, 9.17) is 9.47 Å². The van der Waals surface area contributed by atoms with Crippen LogP contribution in [0, 0.1) is 5.92 Å². The van der Waals surface area contributed by atoms with Gasteiger partial charge in [0.1, 0.15) is 5.60 Å². The topological polar surface area (TPSA) is 35.5 Å². The van der Waals surface area contributed by atoms with Crippen molar-refractivity contribution in [1.29, 1.82) is 0 Å². The van der Waals surface area contributed by atoms with E-state index in [1.807, 2.05) is 0 Å². The van der Waals surface area contributed by atoms with E-state index in [9.17, 15) is 4.79 Å². The van der Waals surface area contributed by atoms with Crippen LogP contribution < -0.4 is 0 Å². The molecule has 1 aliphatic heterocycles. The maximum Gasteiger partial charge on any atom is 0.164 e. The van der Waals surface area contributed by atoms with Crippen LogP contribution in [0.25, 0.3) is 0 Å². The fraction of sp³-hybridized carbons (Fsp3) is 0.938. The summed E-state index contributed by atoms with van der Waals surface area (Å²) in [5, 5.41) is 0. The van der Waals surface area contributed by atoms with Crippen molar-refractivity contribution in [2.75, 3.05) is 13.7 Å². The second-order valence-corrected chi connectivity index (χ2v) is 6.35. The molecule has 1 heterocycles. The molecule has 2 fully saturated rings. The van der Waals surface area contributed by atoms with Crippen molar-refractivity contribution in [3.05, 3.63) is 0 Å². The number of hydrogen-bond donors (Lipinski definition) is 0. The van der Waals surface area contributed by atoms with Gasteiger partial charge in [0.05, 0.1) is 6.10 Å². The molecular weight excluding hydrogens is 240 g/mol. The minimum Gasteiger partial charge on any atom is -0.378 e. The number of ether oxygens (including phenoxy) is 2. The molecule has 3 atom stereocenters. The summed E-state index contributed by atoms with van der Waals surface area (Å²) < 4.78 is 11.3. The van der Waals surface area contributed by atoms with Gasteiger partial charge < -0.3 is 9.47 Å². The molecule has 2 aliphatic rings. The highest BCUT2D eigenvalue weighted by atomic mass is 16.5. The molecular formula is C16H28O3. The molecule has 19 heavy (non-hydrogen) atoms. The Balaban J connectivity index is 1.79. The number of ketones is 1. The molecule has 0 radical (unpaired) electrons. The minimum absolute atomic E-state index is 0.319. The Bertz CT molecular complexity index is 296. The van der Waals surface area contributed by atoms with Crippen molar-refractivity contribution in [1.82, 2.24) is 0 Å². The highest BCUT2D eigenvalue weighted by Gasteiger charge is 2.40. The highest BCUT2D eigenvalue weighted by molar-refractivity contribution is 5.87. The smallest absolute Gasteiger partial charge is 0.164 e. The van der Waals surface area contributed by atoms with Crippen LogP contribution in [0.5, 0.6) is 0 Å². The van der Waals surface area contributed by atoms with Crippen LogP contribution in [-0.2, 0) is 14.3 Å². The summed E-state index contributed by atoms with van der Waals surface area (Å²) in [6, 6.07) is 0. The Morgan fingerprint density at radius 2 is 2.21 bits per heavy atom. The molecule has 0 N–H and O–H groups in total. The highest BCUT2D eigenvalue weighted by Crippen LogP contribution is 2.36.